The summed E-state index contributed by atoms with van der Waals surface area (Å²) in [7, 11) is 6.03. The number of methoxy groups -OCH3 is 3. The van der Waals surface area contributed by atoms with E-state index >= 15 is 0 Å². The van der Waals surface area contributed by atoms with Gasteiger partial charge in [0.2, 0.25) is 11.6 Å². The zero-order chi connectivity index (χ0) is 21.7. The normalized spacial score (nSPS) is 13.7. The smallest absolute Gasteiger partial charge is 0.252 e. The van der Waals surface area contributed by atoms with E-state index in [0.717, 1.165) is 10.4 Å². The van der Waals surface area contributed by atoms with Crippen molar-refractivity contribution in [3.8, 4) is 0 Å². The fourth-order valence-corrected chi connectivity index (χ4v) is 4.29. The summed E-state index contributed by atoms with van der Waals surface area (Å²) in [5.74, 6) is -1.00. The Hall–Kier alpha value is -2.07. The molecule has 0 unspecified atom stereocenters. The molecule has 1 aromatic rings. The van der Waals surface area contributed by atoms with Crippen molar-refractivity contribution in [2.45, 2.75) is 13.8 Å². The number of hydrogen-bond donors (Lipinski definition) is 0. The number of rotatable bonds is 10. The number of amides is 1. The van der Waals surface area contributed by atoms with Gasteiger partial charge >= 0.3 is 0 Å². The summed E-state index contributed by atoms with van der Waals surface area (Å²) >= 11 is 1.28. The molecule has 0 fully saturated rings. The minimum Gasteiger partial charge on any atom is -0.383 e. The van der Waals surface area contributed by atoms with Gasteiger partial charge in [-0.2, -0.15) is 0 Å². The fraction of sp³-hybridized carbons (Fsp3) is 0.550. The molecule has 1 amide bonds. The van der Waals surface area contributed by atoms with Crippen molar-refractivity contribution >= 4 is 28.8 Å². The van der Waals surface area contributed by atoms with E-state index in [2.05, 4.69) is 0 Å². The van der Waals surface area contributed by atoms with E-state index in [1.165, 1.54) is 30.4 Å². The molecule has 0 bridgehead atoms. The number of likely N-dealkylation sites (N-methyl/N-ethyl adjacent to an activating group) is 1. The number of ether oxygens (including phenoxy) is 3. The molecule has 160 valence electrons. The van der Waals surface area contributed by atoms with Crippen LogP contribution in [0, 0.1) is 13.8 Å². The van der Waals surface area contributed by atoms with Gasteiger partial charge in [0.05, 0.1) is 18.1 Å². The number of carbonyl (C=O) groups is 3. The Balaban J connectivity index is 2.67. The summed E-state index contributed by atoms with van der Waals surface area (Å²) in [6.07, 6.45) is 0. The molecule has 1 aliphatic rings. The van der Waals surface area contributed by atoms with Crippen LogP contribution in [-0.2, 0) is 19.0 Å². The maximum absolute atomic E-state index is 13.6. The third kappa shape index (κ3) is 4.58. The van der Waals surface area contributed by atoms with Crippen molar-refractivity contribution in [1.82, 2.24) is 9.80 Å². The molecule has 2 rings (SSSR count). The van der Waals surface area contributed by atoms with Crippen LogP contribution in [0.2, 0.25) is 0 Å². The van der Waals surface area contributed by atoms with Gasteiger partial charge in [0.1, 0.15) is 18.0 Å². The lowest BCUT2D eigenvalue weighted by atomic mass is 9.92. The molecule has 1 aliphatic carbocycles. The average molecular weight is 425 g/mol. The monoisotopic (exact) mass is 424 g/mol. The van der Waals surface area contributed by atoms with Crippen LogP contribution in [0.3, 0.4) is 0 Å². The summed E-state index contributed by atoms with van der Waals surface area (Å²) in [6.45, 7) is 4.99. The predicted molar refractivity (Wildman–Crippen MR) is 109 cm³/mol. The number of hydrogen-bond acceptors (Lipinski definition) is 8. The standard InChI is InChI=1S/C20H28N2O6S/c1-12-13(2)29-20-15(12)18(24)17(22(7-9-26-4)8-10-27-5)16(19(20)25)21(3)14(23)11-28-6/h7-11H2,1-6H3. The number of fused-ring (bicyclic) bond motifs is 1. The van der Waals surface area contributed by atoms with Crippen LogP contribution in [0.5, 0.6) is 0 Å². The Kier molecular flexibility index (Phi) is 8.09. The van der Waals surface area contributed by atoms with Gasteiger partial charge in [-0.05, 0) is 19.4 Å². The molecule has 29 heavy (non-hydrogen) atoms. The molecule has 1 heterocycles. The highest BCUT2D eigenvalue weighted by molar-refractivity contribution is 7.15. The van der Waals surface area contributed by atoms with E-state index in [1.54, 1.807) is 19.1 Å². The van der Waals surface area contributed by atoms with Crippen LogP contribution in [0.25, 0.3) is 0 Å². The highest BCUT2D eigenvalue weighted by Crippen LogP contribution is 2.37. The molecule has 0 atom stereocenters. The maximum atomic E-state index is 13.6. The second kappa shape index (κ2) is 10.1. The first-order chi connectivity index (χ1) is 13.8. The number of thiophene rings is 1. The van der Waals surface area contributed by atoms with E-state index in [1.807, 2.05) is 13.8 Å². The van der Waals surface area contributed by atoms with Crippen LogP contribution in [0.15, 0.2) is 11.4 Å². The van der Waals surface area contributed by atoms with Crippen molar-refractivity contribution in [2.75, 3.05) is 61.3 Å². The van der Waals surface area contributed by atoms with Crippen molar-refractivity contribution in [3.63, 3.8) is 0 Å². The van der Waals surface area contributed by atoms with Crippen LogP contribution in [0.1, 0.15) is 30.5 Å². The van der Waals surface area contributed by atoms with Crippen LogP contribution in [0.4, 0.5) is 0 Å². The SMILES string of the molecule is COCCN(CCOC)C1=C(N(C)C(=O)COC)C(=O)c2sc(C)c(C)c2C1=O. The Morgan fingerprint density at radius 3 is 2.03 bits per heavy atom. The highest BCUT2D eigenvalue weighted by atomic mass is 32.1. The molecule has 0 saturated heterocycles. The largest absolute Gasteiger partial charge is 0.383 e. The van der Waals surface area contributed by atoms with Crippen LogP contribution < -0.4 is 0 Å². The van der Waals surface area contributed by atoms with Gasteiger partial charge < -0.3 is 24.0 Å². The molecule has 1 aromatic heterocycles. The van der Waals surface area contributed by atoms with Gasteiger partial charge in [-0.25, -0.2) is 0 Å². The second-order valence-corrected chi connectivity index (χ2v) is 7.93. The summed E-state index contributed by atoms with van der Waals surface area (Å²) in [5, 5.41) is 0. The number of ketones is 2. The van der Waals surface area contributed by atoms with Gasteiger partial charge in [-0.15, -0.1) is 11.3 Å². The van der Waals surface area contributed by atoms with E-state index in [0.29, 0.717) is 36.7 Å². The van der Waals surface area contributed by atoms with E-state index < -0.39 is 5.91 Å². The topological polar surface area (TPSA) is 85.4 Å². The van der Waals surface area contributed by atoms with Crippen molar-refractivity contribution in [1.29, 1.82) is 0 Å². The lowest BCUT2D eigenvalue weighted by molar-refractivity contribution is -0.131. The molecule has 9 heteroatoms. The molecule has 0 radical (unpaired) electrons. The molecule has 0 spiro atoms. The van der Waals surface area contributed by atoms with Crippen LogP contribution in [-0.4, -0.2) is 88.6 Å². The van der Waals surface area contributed by atoms with E-state index in [4.69, 9.17) is 14.2 Å². The number of allylic oxidation sites excluding steroid dienone is 2. The Labute approximate surface area is 175 Å². The number of nitrogens with zero attached hydrogens (tertiary/aromatic N) is 2. The number of aryl methyl sites for hydroxylation is 1. The van der Waals surface area contributed by atoms with Crippen molar-refractivity contribution in [2.24, 2.45) is 0 Å². The van der Waals surface area contributed by atoms with Crippen molar-refractivity contribution < 1.29 is 28.6 Å². The van der Waals surface area contributed by atoms with Crippen molar-refractivity contribution in [3.05, 3.63) is 32.3 Å². The highest BCUT2D eigenvalue weighted by Gasteiger charge is 2.40. The Morgan fingerprint density at radius 1 is 0.931 bits per heavy atom. The minimum atomic E-state index is -0.409. The minimum absolute atomic E-state index is 0.0676. The lowest BCUT2D eigenvalue weighted by Crippen LogP contribution is -2.43. The van der Waals surface area contributed by atoms with Gasteiger partial charge in [-0.3, -0.25) is 14.4 Å². The summed E-state index contributed by atoms with van der Waals surface area (Å²) < 4.78 is 15.3. The summed E-state index contributed by atoms with van der Waals surface area (Å²) in [4.78, 5) is 43.8. The van der Waals surface area contributed by atoms with E-state index in [9.17, 15) is 14.4 Å². The molecular formula is C20H28N2O6S. The summed E-state index contributed by atoms with van der Waals surface area (Å²) in [5.41, 5.74) is 1.48. The van der Waals surface area contributed by atoms with Gasteiger partial charge in [0.25, 0.3) is 5.91 Å². The van der Waals surface area contributed by atoms with Gasteiger partial charge in [0, 0.05) is 51.9 Å². The number of Topliss-reactive ketones (excluding diaryl/α,β-unsaturated/α-hetero) is 2. The third-order valence-electron chi connectivity index (χ3n) is 4.90. The van der Waals surface area contributed by atoms with Gasteiger partial charge in [0.15, 0.2) is 0 Å². The Bertz CT molecular complexity index is 821. The summed E-state index contributed by atoms with van der Waals surface area (Å²) in [6, 6.07) is 0. The second-order valence-electron chi connectivity index (χ2n) is 6.70. The quantitative estimate of drug-likeness (QED) is 0.565. The maximum Gasteiger partial charge on any atom is 0.252 e. The lowest BCUT2D eigenvalue weighted by Gasteiger charge is -2.33. The molecule has 0 N–H and O–H groups in total. The first-order valence-electron chi connectivity index (χ1n) is 9.22. The zero-order valence-corrected chi connectivity index (χ0v) is 18.6. The average Bonchev–Trinajstić information content (AvgIpc) is 3.00. The predicted octanol–water partition coefficient (Wildman–Crippen LogP) is 1.66. The van der Waals surface area contributed by atoms with Gasteiger partial charge in [-0.1, -0.05) is 0 Å². The third-order valence-corrected chi connectivity index (χ3v) is 6.10. The Morgan fingerprint density at radius 2 is 1.52 bits per heavy atom. The molecule has 8 nitrogen and oxygen atoms in total. The molecular weight excluding hydrogens is 396 g/mol. The van der Waals surface area contributed by atoms with Crippen LogP contribution >= 0.6 is 11.3 Å². The molecule has 0 aromatic carbocycles. The fourth-order valence-electron chi connectivity index (χ4n) is 3.19. The number of carbonyl (C=O) groups excluding carboxylic acids is 3. The molecule has 0 saturated carbocycles. The first-order valence-corrected chi connectivity index (χ1v) is 10.0. The molecule has 0 aliphatic heterocycles. The first kappa shape index (κ1) is 23.2. The zero-order valence-electron chi connectivity index (χ0n) is 17.8. The van der Waals surface area contributed by atoms with E-state index in [-0.39, 0.29) is 29.6 Å².